The van der Waals surface area contributed by atoms with Crippen LogP contribution in [0.15, 0.2) is 48.5 Å². The molecule has 4 nitrogen and oxygen atoms in total. The third-order valence-corrected chi connectivity index (χ3v) is 5.34. The van der Waals surface area contributed by atoms with Gasteiger partial charge in [-0.05, 0) is 61.4 Å². The molecule has 0 aromatic heterocycles. The fourth-order valence-corrected chi connectivity index (χ4v) is 4.14. The van der Waals surface area contributed by atoms with Crippen molar-refractivity contribution in [3.8, 4) is 22.9 Å². The minimum absolute atomic E-state index is 0.00161. The zero-order valence-electron chi connectivity index (χ0n) is 16.7. The first kappa shape index (κ1) is 19.9. The van der Waals surface area contributed by atoms with Gasteiger partial charge in [-0.25, -0.2) is 0 Å². The van der Waals surface area contributed by atoms with E-state index in [4.69, 9.17) is 10.00 Å². The van der Waals surface area contributed by atoms with Gasteiger partial charge >= 0.3 is 0 Å². The van der Waals surface area contributed by atoms with Gasteiger partial charge in [0.05, 0.1) is 12.2 Å². The summed E-state index contributed by atoms with van der Waals surface area (Å²) in [6.07, 6.45) is 4.20. The fraction of sp³-hybridized carbons (Fsp3) is 0.417. The van der Waals surface area contributed by atoms with Crippen molar-refractivity contribution < 1.29 is 9.53 Å². The van der Waals surface area contributed by atoms with Crippen molar-refractivity contribution in [2.24, 2.45) is 5.92 Å². The molecule has 28 heavy (non-hydrogen) atoms. The van der Waals surface area contributed by atoms with Crippen LogP contribution in [0.25, 0.3) is 11.1 Å². The van der Waals surface area contributed by atoms with Gasteiger partial charge in [0.1, 0.15) is 12.3 Å². The van der Waals surface area contributed by atoms with Gasteiger partial charge in [0.15, 0.2) is 0 Å². The molecule has 1 fully saturated rings. The molecule has 1 aliphatic carbocycles. The number of amides is 1. The minimum Gasteiger partial charge on any atom is -0.491 e. The van der Waals surface area contributed by atoms with Gasteiger partial charge in [0.25, 0.3) is 0 Å². The lowest BCUT2D eigenvalue weighted by atomic mass is 9.73. The summed E-state index contributed by atoms with van der Waals surface area (Å²) in [5.74, 6) is 0.964. The lowest BCUT2D eigenvalue weighted by Gasteiger charge is -2.32. The highest BCUT2D eigenvalue weighted by Gasteiger charge is 2.33. The van der Waals surface area contributed by atoms with Crippen molar-refractivity contribution >= 4 is 5.91 Å². The zero-order valence-corrected chi connectivity index (χ0v) is 16.7. The van der Waals surface area contributed by atoms with E-state index in [2.05, 4.69) is 29.6 Å². The quantitative estimate of drug-likeness (QED) is 0.717. The second kappa shape index (κ2) is 9.41. The van der Waals surface area contributed by atoms with Crippen LogP contribution in [0.4, 0.5) is 0 Å². The van der Waals surface area contributed by atoms with E-state index in [9.17, 15) is 4.79 Å². The molecule has 4 heteroatoms. The second-order valence-corrected chi connectivity index (χ2v) is 7.65. The van der Waals surface area contributed by atoms with Gasteiger partial charge in [-0.15, -0.1) is 0 Å². The molecule has 1 unspecified atom stereocenters. The van der Waals surface area contributed by atoms with Crippen molar-refractivity contribution in [1.29, 1.82) is 5.26 Å². The van der Waals surface area contributed by atoms with E-state index >= 15 is 0 Å². The average molecular weight is 377 g/mol. The highest BCUT2D eigenvalue weighted by Crippen LogP contribution is 2.42. The summed E-state index contributed by atoms with van der Waals surface area (Å²) >= 11 is 0. The topological polar surface area (TPSA) is 62.1 Å². The zero-order chi connectivity index (χ0) is 19.9. The number of carbonyl (C=O) groups is 1. The van der Waals surface area contributed by atoms with E-state index in [0.717, 1.165) is 37.0 Å². The molecule has 3 rings (SSSR count). The standard InChI is InChI=1S/C24H28N2O2/c1-17(2)28-19-13-11-18(12-14-19)20-7-3-4-8-21(20)22-9-5-6-10-23(22)24(27)26-16-15-25/h3-4,7-8,11-14,17,22-23H,5-6,9-10,16H2,1-2H3,(H,26,27)/t22?,23-/m1/s1. The monoisotopic (exact) mass is 376 g/mol. The van der Waals surface area contributed by atoms with Crippen LogP contribution in [0, 0.1) is 17.2 Å². The van der Waals surface area contributed by atoms with Gasteiger partial charge in [-0.3, -0.25) is 4.79 Å². The number of hydrogen-bond donors (Lipinski definition) is 1. The molecule has 2 aromatic carbocycles. The molecule has 0 saturated heterocycles. The Morgan fingerprint density at radius 3 is 2.57 bits per heavy atom. The number of nitriles is 1. The third-order valence-electron chi connectivity index (χ3n) is 5.34. The van der Waals surface area contributed by atoms with Crippen LogP contribution >= 0.6 is 0 Å². The third kappa shape index (κ3) is 4.72. The van der Waals surface area contributed by atoms with Gasteiger partial charge in [-0.2, -0.15) is 5.26 Å². The van der Waals surface area contributed by atoms with Crippen LogP contribution in [-0.4, -0.2) is 18.6 Å². The second-order valence-electron chi connectivity index (χ2n) is 7.65. The van der Waals surface area contributed by atoms with Crippen LogP contribution in [0.3, 0.4) is 0 Å². The molecular formula is C24H28N2O2. The number of ether oxygens (including phenoxy) is 1. The van der Waals surface area contributed by atoms with Gasteiger partial charge in [-0.1, -0.05) is 49.2 Å². The first-order chi connectivity index (χ1) is 13.6. The Balaban J connectivity index is 1.90. The van der Waals surface area contributed by atoms with E-state index in [-0.39, 0.29) is 30.4 Å². The molecule has 0 heterocycles. The predicted octanol–water partition coefficient (Wildman–Crippen LogP) is 5.05. The summed E-state index contributed by atoms with van der Waals surface area (Å²) in [5, 5.41) is 11.6. The van der Waals surface area contributed by atoms with Gasteiger partial charge in [0.2, 0.25) is 5.91 Å². The lowest BCUT2D eigenvalue weighted by molar-refractivity contribution is -0.126. The maximum atomic E-state index is 12.7. The summed E-state index contributed by atoms with van der Waals surface area (Å²) in [6.45, 7) is 4.11. The first-order valence-corrected chi connectivity index (χ1v) is 10.1. The Hall–Kier alpha value is -2.80. The van der Waals surface area contributed by atoms with Crippen molar-refractivity contribution in [3.63, 3.8) is 0 Å². The fourth-order valence-electron chi connectivity index (χ4n) is 4.14. The normalized spacial score (nSPS) is 19.1. The lowest BCUT2D eigenvalue weighted by Crippen LogP contribution is -2.36. The molecule has 1 N–H and O–H groups in total. The van der Waals surface area contributed by atoms with E-state index < -0.39 is 0 Å². The van der Waals surface area contributed by atoms with Crippen LogP contribution in [0.1, 0.15) is 51.0 Å². The molecule has 2 atom stereocenters. The van der Waals surface area contributed by atoms with Crippen LogP contribution in [0.5, 0.6) is 5.75 Å². The maximum absolute atomic E-state index is 12.7. The molecule has 0 aliphatic heterocycles. The summed E-state index contributed by atoms with van der Waals surface area (Å²) in [7, 11) is 0. The molecule has 0 spiro atoms. The highest BCUT2D eigenvalue weighted by molar-refractivity contribution is 5.81. The number of nitrogens with one attached hydrogen (secondary N) is 1. The van der Waals surface area contributed by atoms with E-state index in [1.54, 1.807) is 0 Å². The average Bonchev–Trinajstić information content (AvgIpc) is 2.72. The van der Waals surface area contributed by atoms with Crippen LogP contribution in [0.2, 0.25) is 0 Å². The summed E-state index contributed by atoms with van der Waals surface area (Å²) in [5.41, 5.74) is 3.52. The Bertz CT molecular complexity index is 836. The summed E-state index contributed by atoms with van der Waals surface area (Å²) < 4.78 is 5.76. The predicted molar refractivity (Wildman–Crippen MR) is 111 cm³/mol. The number of benzene rings is 2. The van der Waals surface area contributed by atoms with E-state index in [1.807, 2.05) is 44.2 Å². The summed E-state index contributed by atoms with van der Waals surface area (Å²) in [4.78, 5) is 12.7. The number of nitrogens with zero attached hydrogens (tertiary/aromatic N) is 1. The van der Waals surface area contributed by atoms with Crippen molar-refractivity contribution in [3.05, 3.63) is 54.1 Å². The first-order valence-electron chi connectivity index (χ1n) is 10.1. The molecular weight excluding hydrogens is 348 g/mol. The molecule has 1 aliphatic rings. The smallest absolute Gasteiger partial charge is 0.224 e. The Morgan fingerprint density at radius 1 is 1.14 bits per heavy atom. The molecule has 1 amide bonds. The number of hydrogen-bond acceptors (Lipinski definition) is 3. The molecule has 0 bridgehead atoms. The Morgan fingerprint density at radius 2 is 1.86 bits per heavy atom. The Kier molecular flexibility index (Phi) is 6.71. The molecule has 146 valence electrons. The van der Waals surface area contributed by atoms with Crippen LogP contribution in [-0.2, 0) is 4.79 Å². The molecule has 0 radical (unpaired) electrons. The largest absolute Gasteiger partial charge is 0.491 e. The van der Waals surface area contributed by atoms with Crippen LogP contribution < -0.4 is 10.1 Å². The highest BCUT2D eigenvalue weighted by atomic mass is 16.5. The van der Waals surface area contributed by atoms with Gasteiger partial charge < -0.3 is 10.1 Å². The van der Waals surface area contributed by atoms with Crippen molar-refractivity contribution in [2.45, 2.75) is 51.6 Å². The maximum Gasteiger partial charge on any atom is 0.224 e. The summed E-state index contributed by atoms with van der Waals surface area (Å²) in [6, 6.07) is 18.6. The number of rotatable bonds is 6. The SMILES string of the molecule is CC(C)Oc1ccc(-c2ccccc2C2CCCC[C@H]2C(=O)NCC#N)cc1. The molecule has 1 saturated carbocycles. The Labute approximate surface area is 167 Å². The van der Waals surface area contributed by atoms with E-state index in [1.165, 1.54) is 11.1 Å². The van der Waals surface area contributed by atoms with Crippen molar-refractivity contribution in [1.82, 2.24) is 5.32 Å². The van der Waals surface area contributed by atoms with Gasteiger partial charge in [0, 0.05) is 5.92 Å². The minimum atomic E-state index is -0.0770. The van der Waals surface area contributed by atoms with Crippen molar-refractivity contribution in [2.75, 3.05) is 6.54 Å². The number of carbonyl (C=O) groups excluding carboxylic acids is 1. The molecule has 2 aromatic rings. The van der Waals surface area contributed by atoms with E-state index in [0.29, 0.717) is 0 Å².